The van der Waals surface area contributed by atoms with Gasteiger partial charge in [0, 0.05) is 5.03 Å². The quantitative estimate of drug-likeness (QED) is 0.734. The van der Waals surface area contributed by atoms with Gasteiger partial charge in [-0.05, 0) is 26.0 Å². The SMILES string of the molecule is C=C(Cl)COc1ccc(C)cc1C(C)=O. The highest BCUT2D eigenvalue weighted by molar-refractivity contribution is 6.29. The molecule has 3 heteroatoms. The van der Waals surface area contributed by atoms with Crippen molar-refractivity contribution < 1.29 is 9.53 Å². The second-order valence-corrected chi connectivity index (χ2v) is 3.90. The van der Waals surface area contributed by atoms with Crippen LogP contribution >= 0.6 is 11.6 Å². The van der Waals surface area contributed by atoms with Crippen LogP contribution in [0.1, 0.15) is 22.8 Å². The van der Waals surface area contributed by atoms with Crippen molar-refractivity contribution >= 4 is 17.4 Å². The van der Waals surface area contributed by atoms with Gasteiger partial charge in [-0.25, -0.2) is 0 Å². The Balaban J connectivity index is 2.95. The number of Topliss-reactive ketones (excluding diaryl/α,β-unsaturated/α-hetero) is 1. The van der Waals surface area contributed by atoms with Crippen LogP contribution < -0.4 is 4.74 Å². The monoisotopic (exact) mass is 224 g/mol. The molecule has 1 aromatic carbocycles. The molecule has 0 aliphatic heterocycles. The maximum atomic E-state index is 11.3. The maximum Gasteiger partial charge on any atom is 0.163 e. The molecule has 0 radical (unpaired) electrons. The number of carbonyl (C=O) groups is 1. The summed E-state index contributed by atoms with van der Waals surface area (Å²) < 4.78 is 5.36. The number of rotatable bonds is 4. The minimum absolute atomic E-state index is 0.0196. The summed E-state index contributed by atoms with van der Waals surface area (Å²) in [5.74, 6) is 0.531. The zero-order chi connectivity index (χ0) is 11.4. The second kappa shape index (κ2) is 4.99. The predicted molar refractivity (Wildman–Crippen MR) is 61.7 cm³/mol. The zero-order valence-corrected chi connectivity index (χ0v) is 9.60. The van der Waals surface area contributed by atoms with Crippen LogP contribution in [0.5, 0.6) is 5.75 Å². The third kappa shape index (κ3) is 3.40. The zero-order valence-electron chi connectivity index (χ0n) is 8.84. The van der Waals surface area contributed by atoms with Crippen molar-refractivity contribution in [3.63, 3.8) is 0 Å². The minimum Gasteiger partial charge on any atom is -0.487 e. The van der Waals surface area contributed by atoms with Crippen LogP contribution in [0.2, 0.25) is 0 Å². The third-order valence-corrected chi connectivity index (χ3v) is 2.01. The van der Waals surface area contributed by atoms with Crippen molar-refractivity contribution in [2.24, 2.45) is 0 Å². The van der Waals surface area contributed by atoms with Crippen molar-refractivity contribution in [2.75, 3.05) is 6.61 Å². The van der Waals surface area contributed by atoms with Gasteiger partial charge in [0.15, 0.2) is 5.78 Å². The molecule has 0 saturated carbocycles. The molecule has 0 aliphatic rings. The van der Waals surface area contributed by atoms with E-state index in [2.05, 4.69) is 6.58 Å². The van der Waals surface area contributed by atoms with Crippen molar-refractivity contribution in [1.82, 2.24) is 0 Å². The molecule has 0 N–H and O–H groups in total. The van der Waals surface area contributed by atoms with Gasteiger partial charge in [0.05, 0.1) is 5.56 Å². The molecule has 0 heterocycles. The van der Waals surface area contributed by atoms with Crippen molar-refractivity contribution in [3.05, 3.63) is 40.9 Å². The first kappa shape index (κ1) is 11.8. The van der Waals surface area contributed by atoms with Crippen LogP contribution in [0, 0.1) is 6.92 Å². The van der Waals surface area contributed by atoms with Gasteiger partial charge in [-0.15, -0.1) is 0 Å². The third-order valence-electron chi connectivity index (χ3n) is 1.90. The highest BCUT2D eigenvalue weighted by Crippen LogP contribution is 2.21. The highest BCUT2D eigenvalue weighted by Gasteiger charge is 2.08. The highest BCUT2D eigenvalue weighted by atomic mass is 35.5. The lowest BCUT2D eigenvalue weighted by atomic mass is 10.1. The van der Waals surface area contributed by atoms with E-state index in [9.17, 15) is 4.79 Å². The molecule has 0 fully saturated rings. The van der Waals surface area contributed by atoms with E-state index in [0.29, 0.717) is 16.3 Å². The Morgan fingerprint density at radius 2 is 2.20 bits per heavy atom. The number of carbonyl (C=O) groups excluding carboxylic acids is 1. The van der Waals surface area contributed by atoms with E-state index in [0.717, 1.165) is 5.56 Å². The lowest BCUT2D eigenvalue weighted by Gasteiger charge is -2.09. The Kier molecular flexibility index (Phi) is 3.92. The normalized spacial score (nSPS) is 9.80. The molecule has 15 heavy (non-hydrogen) atoms. The maximum absolute atomic E-state index is 11.3. The molecular weight excluding hydrogens is 212 g/mol. The largest absolute Gasteiger partial charge is 0.487 e. The molecule has 0 spiro atoms. The Morgan fingerprint density at radius 1 is 1.53 bits per heavy atom. The average molecular weight is 225 g/mol. The number of ketones is 1. The summed E-state index contributed by atoms with van der Waals surface area (Å²) in [5, 5.41) is 0.407. The standard InChI is InChI=1S/C12H13ClO2/c1-8-4-5-12(15-7-9(2)13)11(6-8)10(3)14/h4-6H,2,7H2,1,3H3. The van der Waals surface area contributed by atoms with Crippen molar-refractivity contribution in [3.8, 4) is 5.75 Å². The summed E-state index contributed by atoms with van der Waals surface area (Å²) >= 11 is 5.59. The summed E-state index contributed by atoms with van der Waals surface area (Å²) in [5.41, 5.74) is 1.60. The second-order valence-electron chi connectivity index (χ2n) is 3.36. The number of halogens is 1. The van der Waals surface area contributed by atoms with E-state index in [-0.39, 0.29) is 12.4 Å². The Morgan fingerprint density at radius 3 is 2.73 bits per heavy atom. The van der Waals surface area contributed by atoms with E-state index in [4.69, 9.17) is 16.3 Å². The molecular formula is C12H13ClO2. The topological polar surface area (TPSA) is 26.3 Å². The van der Waals surface area contributed by atoms with Gasteiger partial charge < -0.3 is 4.74 Å². The number of aryl methyl sites for hydroxylation is 1. The van der Waals surface area contributed by atoms with Crippen LogP contribution in [0.3, 0.4) is 0 Å². The van der Waals surface area contributed by atoms with Crippen molar-refractivity contribution in [1.29, 1.82) is 0 Å². The molecule has 1 rings (SSSR count). The first-order chi connectivity index (χ1) is 7.00. The van der Waals surface area contributed by atoms with E-state index < -0.39 is 0 Å². The number of hydrogen-bond acceptors (Lipinski definition) is 2. The molecule has 0 aromatic heterocycles. The fourth-order valence-corrected chi connectivity index (χ4v) is 1.26. The van der Waals surface area contributed by atoms with Gasteiger partial charge in [-0.2, -0.15) is 0 Å². The molecule has 1 aromatic rings. The van der Waals surface area contributed by atoms with Gasteiger partial charge in [0.25, 0.3) is 0 Å². The lowest BCUT2D eigenvalue weighted by molar-refractivity contribution is 0.101. The summed E-state index contributed by atoms with van der Waals surface area (Å²) in [6.07, 6.45) is 0. The Hall–Kier alpha value is -1.28. The van der Waals surface area contributed by atoms with Crippen LogP contribution in [0.25, 0.3) is 0 Å². The van der Waals surface area contributed by atoms with E-state index in [1.165, 1.54) is 6.92 Å². The summed E-state index contributed by atoms with van der Waals surface area (Å²) in [6, 6.07) is 5.46. The molecule has 80 valence electrons. The fourth-order valence-electron chi connectivity index (χ4n) is 1.20. The smallest absolute Gasteiger partial charge is 0.163 e. The number of benzene rings is 1. The lowest BCUT2D eigenvalue weighted by Crippen LogP contribution is -2.03. The van der Waals surface area contributed by atoms with E-state index in [1.54, 1.807) is 12.1 Å². The van der Waals surface area contributed by atoms with E-state index in [1.807, 2.05) is 13.0 Å². The van der Waals surface area contributed by atoms with Gasteiger partial charge >= 0.3 is 0 Å². The molecule has 2 nitrogen and oxygen atoms in total. The number of hydrogen-bond donors (Lipinski definition) is 0. The van der Waals surface area contributed by atoms with Crippen LogP contribution in [-0.2, 0) is 0 Å². The molecule has 0 bridgehead atoms. The van der Waals surface area contributed by atoms with Gasteiger partial charge in [0.1, 0.15) is 12.4 Å². The van der Waals surface area contributed by atoms with Gasteiger partial charge in [-0.3, -0.25) is 4.79 Å². The van der Waals surface area contributed by atoms with Crippen LogP contribution in [0.15, 0.2) is 29.8 Å². The van der Waals surface area contributed by atoms with Gasteiger partial charge in [-0.1, -0.05) is 29.8 Å². The van der Waals surface area contributed by atoms with E-state index >= 15 is 0 Å². The molecule has 0 amide bonds. The minimum atomic E-state index is -0.0196. The van der Waals surface area contributed by atoms with Crippen LogP contribution in [-0.4, -0.2) is 12.4 Å². The Bertz CT molecular complexity index is 397. The molecule has 0 aliphatic carbocycles. The predicted octanol–water partition coefficient (Wildman–Crippen LogP) is 3.33. The summed E-state index contributed by atoms with van der Waals surface area (Å²) in [6.45, 7) is 7.17. The first-order valence-corrected chi connectivity index (χ1v) is 4.96. The molecule has 0 unspecified atom stereocenters. The average Bonchev–Trinajstić information content (AvgIpc) is 2.15. The Labute approximate surface area is 94.5 Å². The molecule has 0 saturated heterocycles. The summed E-state index contributed by atoms with van der Waals surface area (Å²) in [4.78, 5) is 11.3. The molecule has 0 atom stereocenters. The van der Waals surface area contributed by atoms with Crippen molar-refractivity contribution in [2.45, 2.75) is 13.8 Å². The number of ether oxygens (including phenoxy) is 1. The van der Waals surface area contributed by atoms with Gasteiger partial charge in [0.2, 0.25) is 0 Å². The van der Waals surface area contributed by atoms with Crippen LogP contribution in [0.4, 0.5) is 0 Å². The summed E-state index contributed by atoms with van der Waals surface area (Å²) in [7, 11) is 0. The fraction of sp³-hybridized carbons (Fsp3) is 0.250. The first-order valence-electron chi connectivity index (χ1n) is 4.58.